The van der Waals surface area contributed by atoms with Gasteiger partial charge in [-0.25, -0.2) is 0 Å². The second-order valence-corrected chi connectivity index (χ2v) is 8.61. The molecular formula is C22H33N7O. The summed E-state index contributed by atoms with van der Waals surface area (Å²) >= 11 is 0. The second-order valence-electron chi connectivity index (χ2n) is 8.61. The van der Waals surface area contributed by atoms with Gasteiger partial charge in [0.05, 0.1) is 24.0 Å². The number of aliphatic hydroxyl groups is 1. The van der Waals surface area contributed by atoms with E-state index in [9.17, 15) is 5.11 Å². The first kappa shape index (κ1) is 21.8. The number of anilines is 4. The average Bonchev–Trinajstić information content (AvgIpc) is 3.10. The van der Waals surface area contributed by atoms with E-state index in [-0.39, 0.29) is 30.5 Å². The number of hydrogen-bond acceptors (Lipinski definition) is 7. The molecule has 3 rings (SSSR count). The Bertz CT molecular complexity index is 964. The maximum atomic E-state index is 9.88. The van der Waals surface area contributed by atoms with Crippen molar-refractivity contribution in [2.24, 2.45) is 5.92 Å². The lowest BCUT2D eigenvalue weighted by Gasteiger charge is -2.28. The standard InChI is InChI=1S/C22H33N7O/c1-12(2)17(11-30)25-22-26-21(24-16-9-7-8-15(23)10-16)19-20(29(22)14(5)6)18(13(3)4)27-28-19/h7-10,12-14,17,24,30H,11,23H2,1-6H3,(H,25,26). The van der Waals surface area contributed by atoms with Crippen LogP contribution in [0, 0.1) is 5.92 Å². The van der Waals surface area contributed by atoms with Gasteiger partial charge in [0.1, 0.15) is 0 Å². The predicted octanol–water partition coefficient (Wildman–Crippen LogP) is 4.24. The molecule has 1 unspecified atom stereocenters. The zero-order valence-corrected chi connectivity index (χ0v) is 18.6. The summed E-state index contributed by atoms with van der Waals surface area (Å²) in [5.41, 5.74) is 10.0. The molecule has 8 nitrogen and oxygen atoms in total. The Morgan fingerprint density at radius 2 is 1.83 bits per heavy atom. The van der Waals surface area contributed by atoms with Crippen LogP contribution < -0.4 is 16.4 Å². The van der Waals surface area contributed by atoms with Crippen LogP contribution in [0.2, 0.25) is 0 Å². The summed E-state index contributed by atoms with van der Waals surface area (Å²) in [6, 6.07) is 7.52. The molecule has 2 aliphatic rings. The summed E-state index contributed by atoms with van der Waals surface area (Å²) in [4.78, 5) is 4.88. The Morgan fingerprint density at radius 3 is 2.40 bits per heavy atom. The molecule has 5 N–H and O–H groups in total. The quantitative estimate of drug-likeness (QED) is 0.410. The van der Waals surface area contributed by atoms with Crippen molar-refractivity contribution < 1.29 is 5.11 Å². The topological polar surface area (TPSA) is 114 Å². The molecule has 1 aromatic carbocycles. The van der Waals surface area contributed by atoms with E-state index in [4.69, 9.17) is 10.7 Å². The number of aromatic nitrogens is 4. The van der Waals surface area contributed by atoms with Crippen LogP contribution in [0.3, 0.4) is 0 Å². The SMILES string of the molecule is CC(C)c1nnc2c(Nc3cccc(N)c3)nc(NC(CO)C(C)C)n(C(C)C)c1-2. The molecule has 0 saturated carbocycles. The monoisotopic (exact) mass is 411 g/mol. The molecule has 2 aliphatic heterocycles. The molecular weight excluding hydrogens is 378 g/mol. The number of nitrogens with one attached hydrogen (secondary N) is 2. The maximum absolute atomic E-state index is 9.88. The van der Waals surface area contributed by atoms with Crippen molar-refractivity contribution in [1.29, 1.82) is 0 Å². The smallest absolute Gasteiger partial charge is 0.205 e. The van der Waals surface area contributed by atoms with Crippen molar-refractivity contribution in [3.8, 4) is 11.4 Å². The lowest BCUT2D eigenvalue weighted by atomic mass is 10.0. The lowest BCUT2D eigenvalue weighted by molar-refractivity contribution is 0.248. The largest absolute Gasteiger partial charge is 0.399 e. The van der Waals surface area contributed by atoms with Gasteiger partial charge in [0.25, 0.3) is 0 Å². The molecule has 2 heterocycles. The molecule has 0 aromatic heterocycles. The van der Waals surface area contributed by atoms with Crippen molar-refractivity contribution in [2.45, 2.75) is 59.5 Å². The number of nitrogen functional groups attached to an aromatic ring is 1. The van der Waals surface area contributed by atoms with E-state index in [1.807, 2.05) is 24.3 Å². The Morgan fingerprint density at radius 1 is 1.10 bits per heavy atom. The van der Waals surface area contributed by atoms with Gasteiger partial charge in [0.15, 0.2) is 11.5 Å². The molecule has 0 fully saturated rings. The first-order valence-electron chi connectivity index (χ1n) is 10.5. The second kappa shape index (κ2) is 8.87. The van der Waals surface area contributed by atoms with E-state index >= 15 is 0 Å². The van der Waals surface area contributed by atoms with Crippen molar-refractivity contribution in [1.82, 2.24) is 19.7 Å². The summed E-state index contributed by atoms with van der Waals surface area (Å²) < 4.78 is 2.13. The molecule has 0 aliphatic carbocycles. The van der Waals surface area contributed by atoms with Crippen molar-refractivity contribution >= 4 is 23.1 Å². The number of nitrogens with two attached hydrogens (primary N) is 1. The average molecular weight is 412 g/mol. The van der Waals surface area contributed by atoms with Crippen LogP contribution in [0.15, 0.2) is 24.3 Å². The molecule has 162 valence electrons. The Labute approximate surface area is 178 Å². The van der Waals surface area contributed by atoms with E-state index in [1.165, 1.54) is 0 Å². The zero-order chi connectivity index (χ0) is 22.0. The van der Waals surface area contributed by atoms with Gasteiger partial charge in [0, 0.05) is 17.4 Å². The number of rotatable bonds is 8. The van der Waals surface area contributed by atoms with Gasteiger partial charge in [-0.3, -0.25) is 0 Å². The fraction of sp³-hybridized carbons (Fsp3) is 0.500. The first-order chi connectivity index (χ1) is 14.2. The zero-order valence-electron chi connectivity index (χ0n) is 18.6. The molecule has 8 heteroatoms. The molecule has 0 radical (unpaired) electrons. The van der Waals surface area contributed by atoms with Gasteiger partial charge in [0.2, 0.25) is 5.95 Å². The highest BCUT2D eigenvalue weighted by Crippen LogP contribution is 2.38. The lowest BCUT2D eigenvalue weighted by Crippen LogP contribution is -2.32. The third-order valence-electron chi connectivity index (χ3n) is 5.16. The maximum Gasteiger partial charge on any atom is 0.205 e. The van der Waals surface area contributed by atoms with Gasteiger partial charge >= 0.3 is 0 Å². The number of fused-ring (bicyclic) bond motifs is 1. The van der Waals surface area contributed by atoms with E-state index in [0.717, 1.165) is 17.1 Å². The van der Waals surface area contributed by atoms with Crippen LogP contribution in [0.25, 0.3) is 11.4 Å². The number of nitrogens with zero attached hydrogens (tertiary/aromatic N) is 4. The normalized spacial score (nSPS) is 12.9. The summed E-state index contributed by atoms with van der Waals surface area (Å²) in [6.45, 7) is 12.6. The minimum Gasteiger partial charge on any atom is -0.399 e. The molecule has 30 heavy (non-hydrogen) atoms. The molecule has 0 spiro atoms. The van der Waals surface area contributed by atoms with Crippen LogP contribution in [-0.2, 0) is 0 Å². The van der Waals surface area contributed by atoms with Crippen LogP contribution >= 0.6 is 0 Å². The van der Waals surface area contributed by atoms with E-state index < -0.39 is 0 Å². The van der Waals surface area contributed by atoms with Gasteiger partial charge in [-0.05, 0) is 43.9 Å². The highest BCUT2D eigenvalue weighted by Gasteiger charge is 2.29. The Kier molecular flexibility index (Phi) is 6.45. The third kappa shape index (κ3) is 4.33. The van der Waals surface area contributed by atoms with Crippen molar-refractivity contribution in [3.63, 3.8) is 0 Å². The minimum absolute atomic E-state index is 0.0159. The third-order valence-corrected chi connectivity index (χ3v) is 5.16. The molecule has 0 saturated heterocycles. The Balaban J connectivity index is 2.21. The van der Waals surface area contributed by atoms with E-state index in [0.29, 0.717) is 23.1 Å². The van der Waals surface area contributed by atoms with Crippen LogP contribution in [0.1, 0.15) is 59.2 Å². The molecule has 1 aromatic rings. The Hall–Kier alpha value is -2.87. The van der Waals surface area contributed by atoms with Crippen LogP contribution in [0.4, 0.5) is 23.1 Å². The van der Waals surface area contributed by atoms with Crippen molar-refractivity contribution in [3.05, 3.63) is 30.0 Å². The number of hydrogen-bond donors (Lipinski definition) is 4. The highest BCUT2D eigenvalue weighted by molar-refractivity contribution is 5.78. The van der Waals surface area contributed by atoms with Gasteiger partial charge in [-0.1, -0.05) is 33.8 Å². The summed E-state index contributed by atoms with van der Waals surface area (Å²) in [5, 5.41) is 25.6. The summed E-state index contributed by atoms with van der Waals surface area (Å²) in [7, 11) is 0. The van der Waals surface area contributed by atoms with Crippen LogP contribution in [-0.4, -0.2) is 37.5 Å². The molecule has 0 bridgehead atoms. The predicted molar refractivity (Wildman–Crippen MR) is 122 cm³/mol. The van der Waals surface area contributed by atoms with Crippen molar-refractivity contribution in [2.75, 3.05) is 23.0 Å². The first-order valence-corrected chi connectivity index (χ1v) is 10.5. The number of benzene rings is 1. The molecule has 0 amide bonds. The number of aliphatic hydroxyl groups excluding tert-OH is 1. The van der Waals surface area contributed by atoms with Crippen LogP contribution in [0.5, 0.6) is 0 Å². The minimum atomic E-state index is -0.126. The van der Waals surface area contributed by atoms with Gasteiger partial charge in [-0.2, -0.15) is 10.1 Å². The van der Waals surface area contributed by atoms with Gasteiger partial charge < -0.3 is 26.0 Å². The van der Waals surface area contributed by atoms with Gasteiger partial charge in [-0.15, -0.1) is 5.10 Å². The highest BCUT2D eigenvalue weighted by atomic mass is 16.3. The van der Waals surface area contributed by atoms with E-state index in [1.54, 1.807) is 0 Å². The fourth-order valence-electron chi connectivity index (χ4n) is 3.46. The fourth-order valence-corrected chi connectivity index (χ4v) is 3.46. The summed E-state index contributed by atoms with van der Waals surface area (Å²) in [5.74, 6) is 1.72. The summed E-state index contributed by atoms with van der Waals surface area (Å²) in [6.07, 6.45) is 0. The van der Waals surface area contributed by atoms with E-state index in [2.05, 4.69) is 66.9 Å². The molecule has 1 atom stereocenters.